The van der Waals surface area contributed by atoms with Gasteiger partial charge < -0.3 is 4.74 Å². The van der Waals surface area contributed by atoms with Crippen LogP contribution in [0.5, 0.6) is 5.75 Å². The van der Waals surface area contributed by atoms with Crippen molar-refractivity contribution in [1.29, 1.82) is 0 Å². The first kappa shape index (κ1) is 10.5. The standard InChI is InChI=1S/C12H15O3/c1-2-13-11-7-4-3-6-10(11)12-8-5-9-14-15-12/h3-4,6-7H,2,5,8-9H2,1H3. The summed E-state index contributed by atoms with van der Waals surface area (Å²) in [5, 5.41) is 0. The second-order valence-electron chi connectivity index (χ2n) is 3.36. The molecule has 15 heavy (non-hydrogen) atoms. The van der Waals surface area contributed by atoms with Crippen molar-refractivity contribution < 1.29 is 14.5 Å². The van der Waals surface area contributed by atoms with Gasteiger partial charge in [-0.25, -0.2) is 9.78 Å². The molecule has 1 fully saturated rings. The summed E-state index contributed by atoms with van der Waals surface area (Å²) < 4.78 is 5.53. The van der Waals surface area contributed by atoms with Crippen LogP contribution >= 0.6 is 0 Å². The average molecular weight is 207 g/mol. The fourth-order valence-corrected chi connectivity index (χ4v) is 1.60. The summed E-state index contributed by atoms with van der Waals surface area (Å²) in [5.41, 5.74) is 0.999. The highest BCUT2D eigenvalue weighted by molar-refractivity contribution is 5.41. The van der Waals surface area contributed by atoms with Crippen molar-refractivity contribution in [3.8, 4) is 5.75 Å². The first-order chi connectivity index (χ1) is 7.42. The lowest BCUT2D eigenvalue weighted by Gasteiger charge is -2.22. The maximum Gasteiger partial charge on any atom is 0.168 e. The van der Waals surface area contributed by atoms with Crippen molar-refractivity contribution in [3.63, 3.8) is 0 Å². The molecular weight excluding hydrogens is 192 g/mol. The highest BCUT2D eigenvalue weighted by Crippen LogP contribution is 2.32. The van der Waals surface area contributed by atoms with Gasteiger partial charge in [0.05, 0.1) is 13.2 Å². The topological polar surface area (TPSA) is 27.7 Å². The molecule has 0 N–H and O–H groups in total. The van der Waals surface area contributed by atoms with Gasteiger partial charge in [-0.15, -0.1) is 0 Å². The third-order valence-corrected chi connectivity index (χ3v) is 2.28. The van der Waals surface area contributed by atoms with Crippen molar-refractivity contribution in [2.24, 2.45) is 0 Å². The van der Waals surface area contributed by atoms with Crippen molar-refractivity contribution in [2.75, 3.05) is 13.2 Å². The molecule has 0 saturated carbocycles. The van der Waals surface area contributed by atoms with Crippen LogP contribution < -0.4 is 4.74 Å². The van der Waals surface area contributed by atoms with Crippen molar-refractivity contribution >= 4 is 0 Å². The predicted molar refractivity (Wildman–Crippen MR) is 56.2 cm³/mol. The van der Waals surface area contributed by atoms with Crippen LogP contribution in [0.2, 0.25) is 0 Å². The highest BCUT2D eigenvalue weighted by atomic mass is 17.2. The molecule has 1 aromatic rings. The zero-order chi connectivity index (χ0) is 10.5. The molecule has 81 valence electrons. The van der Waals surface area contributed by atoms with Gasteiger partial charge in [0.2, 0.25) is 0 Å². The quantitative estimate of drug-likeness (QED) is 0.713. The zero-order valence-electron chi connectivity index (χ0n) is 8.86. The molecular formula is C12H15O3. The van der Waals surface area contributed by atoms with Crippen LogP contribution in [-0.4, -0.2) is 13.2 Å². The van der Waals surface area contributed by atoms with Gasteiger partial charge in [-0.3, -0.25) is 0 Å². The second kappa shape index (κ2) is 5.14. The molecule has 1 heterocycles. The van der Waals surface area contributed by atoms with Crippen LogP contribution in [0.4, 0.5) is 0 Å². The summed E-state index contributed by atoms with van der Waals surface area (Å²) in [5.74, 6) is 0.862. The monoisotopic (exact) mass is 207 g/mol. The van der Waals surface area contributed by atoms with Gasteiger partial charge in [-0.2, -0.15) is 0 Å². The van der Waals surface area contributed by atoms with E-state index >= 15 is 0 Å². The number of rotatable bonds is 3. The summed E-state index contributed by atoms with van der Waals surface area (Å²) in [6, 6.07) is 7.88. The van der Waals surface area contributed by atoms with Gasteiger partial charge in [-0.1, -0.05) is 18.2 Å². The summed E-state index contributed by atoms with van der Waals surface area (Å²) in [4.78, 5) is 10.2. The number of hydrogen-bond acceptors (Lipinski definition) is 3. The van der Waals surface area contributed by atoms with E-state index in [-0.39, 0.29) is 0 Å². The lowest BCUT2D eigenvalue weighted by Crippen LogP contribution is -2.15. The Hall–Kier alpha value is -1.06. The number of para-hydroxylation sites is 1. The Morgan fingerprint density at radius 3 is 2.93 bits per heavy atom. The van der Waals surface area contributed by atoms with Crippen LogP contribution in [0, 0.1) is 6.10 Å². The van der Waals surface area contributed by atoms with Crippen LogP contribution in [0.15, 0.2) is 24.3 Å². The smallest absolute Gasteiger partial charge is 0.168 e. The van der Waals surface area contributed by atoms with E-state index in [2.05, 4.69) is 0 Å². The summed E-state index contributed by atoms with van der Waals surface area (Å²) >= 11 is 0. The van der Waals surface area contributed by atoms with Crippen molar-refractivity contribution in [2.45, 2.75) is 19.8 Å². The van der Waals surface area contributed by atoms with Crippen LogP contribution in [0.25, 0.3) is 0 Å². The highest BCUT2D eigenvalue weighted by Gasteiger charge is 2.22. The molecule has 1 radical (unpaired) electrons. The zero-order valence-corrected chi connectivity index (χ0v) is 8.86. The van der Waals surface area contributed by atoms with E-state index in [1.54, 1.807) is 0 Å². The Morgan fingerprint density at radius 2 is 2.20 bits per heavy atom. The van der Waals surface area contributed by atoms with Gasteiger partial charge in [0, 0.05) is 5.56 Å². The first-order valence-corrected chi connectivity index (χ1v) is 5.29. The summed E-state index contributed by atoms with van der Waals surface area (Å²) in [7, 11) is 0. The maximum atomic E-state index is 5.53. The molecule has 0 spiro atoms. The Balaban J connectivity index is 2.17. The molecule has 1 saturated heterocycles. The van der Waals surface area contributed by atoms with E-state index < -0.39 is 0 Å². The molecule has 0 amide bonds. The molecule has 0 unspecified atom stereocenters. The van der Waals surface area contributed by atoms with Crippen LogP contribution in [-0.2, 0) is 9.78 Å². The van der Waals surface area contributed by atoms with Gasteiger partial charge >= 0.3 is 0 Å². The van der Waals surface area contributed by atoms with Gasteiger partial charge in [0.1, 0.15) is 5.75 Å². The molecule has 3 heteroatoms. The van der Waals surface area contributed by atoms with E-state index in [9.17, 15) is 0 Å². The van der Waals surface area contributed by atoms with Gasteiger partial charge in [0.25, 0.3) is 0 Å². The fraction of sp³-hybridized carbons (Fsp3) is 0.417. The Kier molecular flexibility index (Phi) is 3.59. The summed E-state index contributed by atoms with van der Waals surface area (Å²) in [6.45, 7) is 3.30. The molecule has 0 atom stereocenters. The molecule has 0 aromatic heterocycles. The molecule has 0 bridgehead atoms. The van der Waals surface area contributed by atoms with E-state index in [0.29, 0.717) is 13.2 Å². The first-order valence-electron chi connectivity index (χ1n) is 5.29. The number of ether oxygens (including phenoxy) is 1. The predicted octanol–water partition coefficient (Wildman–Crippen LogP) is 2.71. The Morgan fingerprint density at radius 1 is 1.33 bits per heavy atom. The molecule has 1 aliphatic heterocycles. The minimum absolute atomic E-state index is 0.658. The lowest BCUT2D eigenvalue weighted by molar-refractivity contribution is -0.300. The lowest BCUT2D eigenvalue weighted by atomic mass is 10.0. The van der Waals surface area contributed by atoms with E-state index in [0.717, 1.165) is 30.3 Å². The number of hydrogen-bond donors (Lipinski definition) is 0. The summed E-state index contributed by atoms with van der Waals surface area (Å²) in [6.07, 6.45) is 2.77. The fourth-order valence-electron chi connectivity index (χ4n) is 1.60. The van der Waals surface area contributed by atoms with E-state index in [4.69, 9.17) is 14.5 Å². The average Bonchev–Trinajstić information content (AvgIpc) is 2.31. The second-order valence-corrected chi connectivity index (χ2v) is 3.36. The van der Waals surface area contributed by atoms with Gasteiger partial charge in [0.15, 0.2) is 6.10 Å². The molecule has 0 aliphatic carbocycles. The van der Waals surface area contributed by atoms with Crippen LogP contribution in [0.1, 0.15) is 25.3 Å². The largest absolute Gasteiger partial charge is 0.493 e. The third kappa shape index (κ3) is 2.49. The molecule has 1 aliphatic rings. The Bertz CT molecular complexity index is 305. The molecule has 3 nitrogen and oxygen atoms in total. The maximum absolute atomic E-state index is 5.53. The molecule has 2 rings (SSSR count). The minimum Gasteiger partial charge on any atom is -0.493 e. The minimum atomic E-state index is 0.658. The SMILES string of the molecule is CCOc1ccccc1[C]1CCCOO1. The van der Waals surface area contributed by atoms with Crippen LogP contribution in [0.3, 0.4) is 0 Å². The van der Waals surface area contributed by atoms with Crippen molar-refractivity contribution in [3.05, 3.63) is 35.9 Å². The van der Waals surface area contributed by atoms with Crippen molar-refractivity contribution in [1.82, 2.24) is 0 Å². The van der Waals surface area contributed by atoms with E-state index in [1.807, 2.05) is 31.2 Å². The normalized spacial score (nSPS) is 17.7. The Labute approximate surface area is 89.9 Å². The van der Waals surface area contributed by atoms with Gasteiger partial charge in [-0.05, 0) is 25.8 Å². The molecule has 1 aromatic carbocycles. The third-order valence-electron chi connectivity index (χ3n) is 2.28. The van der Waals surface area contributed by atoms with E-state index in [1.165, 1.54) is 0 Å². The number of benzene rings is 1.